The molecule has 0 atom stereocenters. The molecule has 0 saturated carbocycles. The standard InChI is InChI=1S/C17H37N5/c1-5-7-12-21(4)17(18-6-2)19-10-8-13-22-14-9-11-20(3)15-16-22/h5-16H2,1-4H3,(H,18,19). The molecule has 0 aromatic heterocycles. The van der Waals surface area contributed by atoms with Crippen LogP contribution in [0.4, 0.5) is 0 Å². The van der Waals surface area contributed by atoms with Gasteiger partial charge in [0, 0.05) is 39.8 Å². The number of likely N-dealkylation sites (N-methyl/N-ethyl adjacent to an activating group) is 1. The van der Waals surface area contributed by atoms with Crippen molar-refractivity contribution in [2.24, 2.45) is 4.99 Å². The second kappa shape index (κ2) is 11.7. The van der Waals surface area contributed by atoms with Gasteiger partial charge in [0.25, 0.3) is 0 Å². The van der Waals surface area contributed by atoms with Crippen molar-refractivity contribution in [2.75, 3.05) is 66.5 Å². The lowest BCUT2D eigenvalue weighted by molar-refractivity contribution is 0.275. The van der Waals surface area contributed by atoms with E-state index in [2.05, 4.69) is 48.0 Å². The first-order chi connectivity index (χ1) is 10.7. The minimum atomic E-state index is 0.922. The second-order valence-corrected chi connectivity index (χ2v) is 6.36. The molecule has 1 N–H and O–H groups in total. The molecule has 0 aliphatic carbocycles. The molecule has 22 heavy (non-hydrogen) atoms. The fourth-order valence-electron chi connectivity index (χ4n) is 2.77. The summed E-state index contributed by atoms with van der Waals surface area (Å²) in [6.07, 6.45) is 4.90. The summed E-state index contributed by atoms with van der Waals surface area (Å²) in [5.41, 5.74) is 0. The number of nitrogens with zero attached hydrogens (tertiary/aromatic N) is 4. The second-order valence-electron chi connectivity index (χ2n) is 6.36. The van der Waals surface area contributed by atoms with Crippen molar-refractivity contribution < 1.29 is 0 Å². The quantitative estimate of drug-likeness (QED) is 0.420. The topological polar surface area (TPSA) is 34.1 Å². The van der Waals surface area contributed by atoms with Crippen LogP contribution < -0.4 is 5.32 Å². The zero-order valence-corrected chi connectivity index (χ0v) is 15.3. The number of aliphatic imine (C=N–C) groups is 1. The van der Waals surface area contributed by atoms with Gasteiger partial charge in [-0.1, -0.05) is 13.3 Å². The molecule has 0 radical (unpaired) electrons. The van der Waals surface area contributed by atoms with E-state index in [1.165, 1.54) is 52.0 Å². The molecule has 0 aromatic rings. The number of hydrogen-bond acceptors (Lipinski definition) is 3. The van der Waals surface area contributed by atoms with Crippen LogP contribution in [0.1, 0.15) is 39.5 Å². The molecule has 0 amide bonds. The van der Waals surface area contributed by atoms with Gasteiger partial charge in [0.15, 0.2) is 5.96 Å². The maximum absolute atomic E-state index is 4.78. The average molecular weight is 312 g/mol. The largest absolute Gasteiger partial charge is 0.357 e. The molecule has 1 fully saturated rings. The van der Waals surface area contributed by atoms with E-state index in [1.807, 2.05) is 0 Å². The maximum atomic E-state index is 4.78. The Morgan fingerprint density at radius 1 is 1.14 bits per heavy atom. The summed E-state index contributed by atoms with van der Waals surface area (Å²) >= 11 is 0. The normalized spacial score (nSPS) is 18.3. The smallest absolute Gasteiger partial charge is 0.193 e. The van der Waals surface area contributed by atoms with Gasteiger partial charge in [0.2, 0.25) is 0 Å². The van der Waals surface area contributed by atoms with Crippen LogP contribution in [0.2, 0.25) is 0 Å². The molecule has 130 valence electrons. The molecule has 1 heterocycles. The van der Waals surface area contributed by atoms with E-state index in [-0.39, 0.29) is 0 Å². The Labute approximate surface area is 137 Å². The summed E-state index contributed by atoms with van der Waals surface area (Å²) in [4.78, 5) is 12.1. The lowest BCUT2D eigenvalue weighted by atomic mass is 10.3. The highest BCUT2D eigenvalue weighted by atomic mass is 15.3. The molecule has 0 spiro atoms. The highest BCUT2D eigenvalue weighted by Crippen LogP contribution is 2.02. The van der Waals surface area contributed by atoms with Crippen molar-refractivity contribution >= 4 is 5.96 Å². The number of nitrogens with one attached hydrogen (secondary N) is 1. The molecular weight excluding hydrogens is 274 g/mol. The van der Waals surface area contributed by atoms with Gasteiger partial charge >= 0.3 is 0 Å². The van der Waals surface area contributed by atoms with E-state index in [0.29, 0.717) is 0 Å². The predicted octanol–water partition coefficient (Wildman–Crippen LogP) is 1.71. The van der Waals surface area contributed by atoms with Crippen molar-refractivity contribution in [2.45, 2.75) is 39.5 Å². The maximum Gasteiger partial charge on any atom is 0.193 e. The zero-order valence-electron chi connectivity index (χ0n) is 15.3. The Kier molecular flexibility index (Phi) is 10.2. The molecule has 1 aliphatic rings. The highest BCUT2D eigenvalue weighted by Gasteiger charge is 2.11. The van der Waals surface area contributed by atoms with Crippen molar-refractivity contribution in [3.63, 3.8) is 0 Å². The van der Waals surface area contributed by atoms with E-state index in [4.69, 9.17) is 4.99 Å². The number of hydrogen-bond donors (Lipinski definition) is 1. The fraction of sp³-hybridized carbons (Fsp3) is 0.941. The van der Waals surface area contributed by atoms with Gasteiger partial charge in [-0.15, -0.1) is 0 Å². The van der Waals surface area contributed by atoms with E-state index in [0.717, 1.165) is 32.0 Å². The van der Waals surface area contributed by atoms with Gasteiger partial charge in [0.1, 0.15) is 0 Å². The third-order valence-electron chi connectivity index (χ3n) is 4.25. The van der Waals surface area contributed by atoms with Crippen LogP contribution in [0.3, 0.4) is 0 Å². The van der Waals surface area contributed by atoms with Crippen LogP contribution in [0, 0.1) is 0 Å². The van der Waals surface area contributed by atoms with Crippen molar-refractivity contribution in [1.82, 2.24) is 20.0 Å². The minimum absolute atomic E-state index is 0.922. The van der Waals surface area contributed by atoms with Crippen molar-refractivity contribution in [3.05, 3.63) is 0 Å². The van der Waals surface area contributed by atoms with E-state index >= 15 is 0 Å². The summed E-state index contributed by atoms with van der Waals surface area (Å²) in [6.45, 7) is 13.4. The Morgan fingerprint density at radius 3 is 2.68 bits per heavy atom. The first kappa shape index (κ1) is 19.2. The monoisotopic (exact) mass is 311 g/mol. The van der Waals surface area contributed by atoms with Crippen LogP contribution in [0.25, 0.3) is 0 Å². The minimum Gasteiger partial charge on any atom is -0.357 e. The van der Waals surface area contributed by atoms with Crippen LogP contribution in [-0.4, -0.2) is 87.1 Å². The Bertz CT molecular complexity index is 305. The molecule has 0 bridgehead atoms. The summed E-state index contributed by atoms with van der Waals surface area (Å²) < 4.78 is 0. The first-order valence-electron chi connectivity index (χ1n) is 9.07. The first-order valence-corrected chi connectivity index (χ1v) is 9.07. The molecular formula is C17H37N5. The van der Waals surface area contributed by atoms with Crippen LogP contribution in [0.5, 0.6) is 0 Å². The molecule has 0 aromatic carbocycles. The van der Waals surface area contributed by atoms with Crippen LogP contribution >= 0.6 is 0 Å². The van der Waals surface area contributed by atoms with Gasteiger partial charge in [-0.3, -0.25) is 4.99 Å². The Hall–Kier alpha value is -0.810. The SMILES string of the molecule is CCCCN(C)C(=NCCCN1CCCN(C)CC1)NCC. The molecule has 1 aliphatic heterocycles. The molecule has 1 saturated heterocycles. The summed E-state index contributed by atoms with van der Waals surface area (Å²) in [5.74, 6) is 1.06. The van der Waals surface area contributed by atoms with Gasteiger partial charge in [-0.25, -0.2) is 0 Å². The van der Waals surface area contributed by atoms with Crippen LogP contribution in [0.15, 0.2) is 4.99 Å². The van der Waals surface area contributed by atoms with E-state index < -0.39 is 0 Å². The van der Waals surface area contributed by atoms with Gasteiger partial charge in [-0.05, 0) is 52.9 Å². The van der Waals surface area contributed by atoms with E-state index in [9.17, 15) is 0 Å². The molecule has 5 nitrogen and oxygen atoms in total. The van der Waals surface area contributed by atoms with E-state index in [1.54, 1.807) is 0 Å². The average Bonchev–Trinajstić information content (AvgIpc) is 2.72. The lowest BCUT2D eigenvalue weighted by Gasteiger charge is -2.22. The van der Waals surface area contributed by atoms with Crippen LogP contribution in [-0.2, 0) is 0 Å². The number of unbranched alkanes of at least 4 members (excludes halogenated alkanes) is 1. The summed E-state index contributed by atoms with van der Waals surface area (Å²) in [7, 11) is 4.37. The molecule has 5 heteroatoms. The van der Waals surface area contributed by atoms with Crippen molar-refractivity contribution in [3.8, 4) is 0 Å². The summed E-state index contributed by atoms with van der Waals surface area (Å²) in [6, 6.07) is 0. The van der Waals surface area contributed by atoms with Crippen molar-refractivity contribution in [1.29, 1.82) is 0 Å². The zero-order chi connectivity index (χ0) is 16.2. The Balaban J connectivity index is 2.30. The number of rotatable bonds is 8. The molecule has 1 rings (SSSR count). The van der Waals surface area contributed by atoms with Gasteiger partial charge < -0.3 is 20.0 Å². The molecule has 0 unspecified atom stereocenters. The van der Waals surface area contributed by atoms with Gasteiger partial charge in [0.05, 0.1) is 0 Å². The summed E-state index contributed by atoms with van der Waals surface area (Å²) in [5, 5.41) is 3.40. The third-order valence-corrected chi connectivity index (χ3v) is 4.25. The fourth-order valence-corrected chi connectivity index (χ4v) is 2.77. The third kappa shape index (κ3) is 7.99. The lowest BCUT2D eigenvalue weighted by Crippen LogP contribution is -2.39. The Morgan fingerprint density at radius 2 is 1.95 bits per heavy atom. The highest BCUT2D eigenvalue weighted by molar-refractivity contribution is 5.79. The number of guanidine groups is 1. The van der Waals surface area contributed by atoms with Gasteiger partial charge in [-0.2, -0.15) is 0 Å². The predicted molar refractivity (Wildman–Crippen MR) is 96.7 cm³/mol.